The van der Waals surface area contributed by atoms with Gasteiger partial charge in [-0.1, -0.05) is 0 Å². The highest BCUT2D eigenvalue weighted by Gasteiger charge is 2.45. The smallest absolute Gasteiger partial charge is 0.223 e. The number of thioether (sulfide) groups is 2. The van der Waals surface area contributed by atoms with Gasteiger partial charge in [0.25, 0.3) is 0 Å². The number of carbonyl (C=O) groups is 2. The third-order valence-corrected chi connectivity index (χ3v) is 8.51. The van der Waals surface area contributed by atoms with Crippen molar-refractivity contribution in [3.8, 4) is 0 Å². The zero-order valence-electron chi connectivity index (χ0n) is 18.7. The van der Waals surface area contributed by atoms with Gasteiger partial charge in [0.05, 0.1) is 0 Å². The first-order valence-corrected chi connectivity index (χ1v) is 13.3. The molecule has 0 spiro atoms. The Kier molecular flexibility index (Phi) is 8.78. The fraction of sp³-hybridized carbons (Fsp3) is 0.909. The summed E-state index contributed by atoms with van der Waals surface area (Å²) in [5.41, 5.74) is -0.00225. The average Bonchev–Trinajstić information content (AvgIpc) is 2.63. The summed E-state index contributed by atoms with van der Waals surface area (Å²) < 4.78 is 0. The number of amides is 1. The minimum absolute atomic E-state index is 0.00112. The lowest BCUT2D eigenvalue weighted by atomic mass is 9.71. The molecule has 1 N–H and O–H groups in total. The lowest BCUT2D eigenvalue weighted by Gasteiger charge is -2.53. The van der Waals surface area contributed by atoms with E-state index in [4.69, 9.17) is 0 Å². The van der Waals surface area contributed by atoms with Crippen LogP contribution < -0.4 is 5.32 Å². The van der Waals surface area contributed by atoms with Gasteiger partial charge in [-0.05, 0) is 90.4 Å². The number of hydrogen-bond acceptors (Lipinski definition) is 5. The molecule has 0 bridgehead atoms. The van der Waals surface area contributed by atoms with Gasteiger partial charge in [-0.15, -0.1) is 0 Å². The summed E-state index contributed by atoms with van der Waals surface area (Å²) in [6.45, 7) is 8.92. The van der Waals surface area contributed by atoms with Crippen LogP contribution in [0.5, 0.6) is 0 Å². The molecule has 0 aromatic carbocycles. The Bertz CT molecular complexity index is 527. The molecule has 4 nitrogen and oxygen atoms in total. The van der Waals surface area contributed by atoms with Crippen LogP contribution >= 0.6 is 23.5 Å². The van der Waals surface area contributed by atoms with E-state index in [1.54, 1.807) is 11.8 Å². The SMILES string of the molecule is CSCCC(CC(=O)C1CC(C)(C)N(C)C(C)(C)C1)C(=O)NC1CCSCC1. The molecule has 28 heavy (non-hydrogen) atoms. The Morgan fingerprint density at radius 1 is 1.14 bits per heavy atom. The van der Waals surface area contributed by atoms with Gasteiger partial charge in [0.2, 0.25) is 5.91 Å². The molecule has 0 radical (unpaired) electrons. The normalized spacial score (nSPS) is 24.6. The number of rotatable bonds is 8. The molecule has 2 aliphatic rings. The maximum absolute atomic E-state index is 13.2. The third kappa shape index (κ3) is 6.40. The van der Waals surface area contributed by atoms with Gasteiger partial charge < -0.3 is 5.32 Å². The maximum atomic E-state index is 13.2. The fourth-order valence-corrected chi connectivity index (χ4v) is 6.38. The first kappa shape index (κ1) is 24.1. The van der Waals surface area contributed by atoms with Crippen molar-refractivity contribution in [2.45, 2.75) is 83.3 Å². The molecule has 1 atom stereocenters. The second kappa shape index (κ2) is 10.2. The number of nitrogens with zero attached hydrogens (tertiary/aromatic N) is 1. The number of piperidine rings is 1. The van der Waals surface area contributed by atoms with Gasteiger partial charge in [-0.25, -0.2) is 0 Å². The molecular weight excluding hydrogens is 388 g/mol. The van der Waals surface area contributed by atoms with E-state index in [0.717, 1.165) is 49.4 Å². The van der Waals surface area contributed by atoms with Gasteiger partial charge in [0.1, 0.15) is 5.78 Å². The van der Waals surface area contributed by atoms with Gasteiger partial charge in [0, 0.05) is 35.4 Å². The van der Waals surface area contributed by atoms with Crippen LogP contribution in [0.15, 0.2) is 0 Å². The van der Waals surface area contributed by atoms with E-state index in [2.05, 4.69) is 51.2 Å². The highest BCUT2D eigenvalue weighted by Crippen LogP contribution is 2.41. The Hall–Kier alpha value is -0.200. The zero-order chi connectivity index (χ0) is 20.9. The van der Waals surface area contributed by atoms with Crippen molar-refractivity contribution < 1.29 is 9.59 Å². The molecule has 1 amide bonds. The van der Waals surface area contributed by atoms with Gasteiger partial charge >= 0.3 is 0 Å². The molecule has 162 valence electrons. The summed E-state index contributed by atoms with van der Waals surface area (Å²) in [7, 11) is 2.16. The van der Waals surface area contributed by atoms with Crippen molar-refractivity contribution in [2.75, 3.05) is 30.6 Å². The highest BCUT2D eigenvalue weighted by atomic mass is 32.2. The number of carbonyl (C=O) groups excluding carboxylic acids is 2. The van der Waals surface area contributed by atoms with Crippen molar-refractivity contribution in [3.05, 3.63) is 0 Å². The lowest BCUT2D eigenvalue weighted by Crippen LogP contribution is -2.59. The Balaban J connectivity index is 2.02. The molecule has 2 fully saturated rings. The lowest BCUT2D eigenvalue weighted by molar-refractivity contribution is -0.135. The van der Waals surface area contributed by atoms with Crippen molar-refractivity contribution >= 4 is 35.2 Å². The average molecular weight is 429 g/mol. The zero-order valence-corrected chi connectivity index (χ0v) is 20.3. The molecule has 0 saturated carbocycles. The number of Topliss-reactive ketones (excluding diaryl/α,β-unsaturated/α-hetero) is 1. The number of likely N-dealkylation sites (tertiary alicyclic amines) is 1. The molecule has 2 saturated heterocycles. The molecular formula is C22H40N2O2S2. The molecule has 2 aliphatic heterocycles. The van der Waals surface area contributed by atoms with Crippen LogP contribution in [0.1, 0.15) is 66.2 Å². The summed E-state index contributed by atoms with van der Waals surface area (Å²) in [4.78, 5) is 28.6. The third-order valence-electron chi connectivity index (χ3n) is 6.82. The fourth-order valence-electron chi connectivity index (χ4n) is 4.76. The van der Waals surface area contributed by atoms with Crippen molar-refractivity contribution in [1.29, 1.82) is 0 Å². The summed E-state index contributed by atoms with van der Waals surface area (Å²) in [6.07, 6.45) is 7.12. The molecule has 0 aromatic heterocycles. The monoisotopic (exact) mass is 428 g/mol. The first-order chi connectivity index (χ1) is 13.1. The van der Waals surface area contributed by atoms with E-state index in [-0.39, 0.29) is 34.6 Å². The van der Waals surface area contributed by atoms with Crippen LogP contribution in [0.4, 0.5) is 0 Å². The molecule has 0 aromatic rings. The van der Waals surface area contributed by atoms with Gasteiger partial charge in [-0.2, -0.15) is 23.5 Å². The van der Waals surface area contributed by atoms with Crippen LogP contribution in [-0.2, 0) is 9.59 Å². The summed E-state index contributed by atoms with van der Waals surface area (Å²) in [6, 6.07) is 0.293. The van der Waals surface area contributed by atoms with Gasteiger partial charge in [0.15, 0.2) is 0 Å². The largest absolute Gasteiger partial charge is 0.353 e. The van der Waals surface area contributed by atoms with Crippen LogP contribution in [0.25, 0.3) is 0 Å². The summed E-state index contributed by atoms with van der Waals surface area (Å²) >= 11 is 3.72. The van der Waals surface area contributed by atoms with Crippen molar-refractivity contribution in [2.24, 2.45) is 11.8 Å². The molecule has 2 rings (SSSR count). The van der Waals surface area contributed by atoms with Crippen molar-refractivity contribution in [1.82, 2.24) is 10.2 Å². The second-order valence-electron chi connectivity index (χ2n) is 9.83. The van der Waals surface area contributed by atoms with Crippen LogP contribution in [0.2, 0.25) is 0 Å². The molecule has 0 aliphatic carbocycles. The quantitative estimate of drug-likeness (QED) is 0.627. The maximum Gasteiger partial charge on any atom is 0.223 e. The predicted molar refractivity (Wildman–Crippen MR) is 123 cm³/mol. The van der Waals surface area contributed by atoms with Crippen LogP contribution in [0.3, 0.4) is 0 Å². The van der Waals surface area contributed by atoms with Gasteiger partial charge in [-0.3, -0.25) is 14.5 Å². The van der Waals surface area contributed by atoms with E-state index in [9.17, 15) is 9.59 Å². The Labute approximate surface area is 180 Å². The number of hydrogen-bond donors (Lipinski definition) is 1. The Morgan fingerprint density at radius 3 is 2.25 bits per heavy atom. The van der Waals surface area contributed by atoms with E-state index in [1.165, 1.54) is 0 Å². The molecule has 6 heteroatoms. The minimum atomic E-state index is -0.180. The summed E-state index contributed by atoms with van der Waals surface area (Å²) in [5, 5.41) is 3.25. The topological polar surface area (TPSA) is 49.4 Å². The Morgan fingerprint density at radius 2 is 1.71 bits per heavy atom. The minimum Gasteiger partial charge on any atom is -0.353 e. The standard InChI is InChI=1S/C22H40N2O2S2/c1-21(2)14-17(15-22(3,4)24(21)5)19(25)13-16(7-10-27-6)20(26)23-18-8-11-28-12-9-18/h16-18H,7-15H2,1-6H3,(H,23,26). The number of ketones is 1. The molecule has 2 heterocycles. The van der Waals surface area contributed by atoms with E-state index in [1.807, 2.05) is 11.8 Å². The second-order valence-corrected chi connectivity index (χ2v) is 12.0. The van der Waals surface area contributed by atoms with Crippen LogP contribution in [-0.4, -0.2) is 64.3 Å². The molecule has 1 unspecified atom stereocenters. The predicted octanol–water partition coefficient (Wildman–Crippen LogP) is 4.23. The summed E-state index contributed by atoms with van der Waals surface area (Å²) in [5.74, 6) is 3.44. The van der Waals surface area contributed by atoms with Crippen molar-refractivity contribution in [3.63, 3.8) is 0 Å². The van der Waals surface area contributed by atoms with E-state index >= 15 is 0 Å². The van der Waals surface area contributed by atoms with E-state index in [0.29, 0.717) is 12.5 Å². The highest BCUT2D eigenvalue weighted by molar-refractivity contribution is 7.99. The number of nitrogens with one attached hydrogen (secondary N) is 1. The van der Waals surface area contributed by atoms with Crippen LogP contribution in [0, 0.1) is 11.8 Å². The van der Waals surface area contributed by atoms with E-state index < -0.39 is 0 Å². The first-order valence-electron chi connectivity index (χ1n) is 10.7.